The predicted molar refractivity (Wildman–Crippen MR) is 172 cm³/mol. The third kappa shape index (κ3) is 6.02. The van der Waals surface area contributed by atoms with Gasteiger partial charge in [-0.25, -0.2) is 13.2 Å². The van der Waals surface area contributed by atoms with Crippen LogP contribution in [-0.4, -0.2) is 61.8 Å². The number of anilines is 1. The SMILES string of the molecule is CC(C(=O)N1CCN(S(=O)(=O)c2ccc3ccccc3c2)CC1)N(C(=O)OCc1ccccc1)c1ccc2ccccc2c1. The van der Waals surface area contributed by atoms with Crippen molar-refractivity contribution in [2.24, 2.45) is 0 Å². The molecule has 5 aromatic rings. The molecule has 1 fully saturated rings. The molecule has 0 aliphatic carbocycles. The molecule has 1 aliphatic rings. The topological polar surface area (TPSA) is 87.2 Å². The van der Waals surface area contributed by atoms with Gasteiger partial charge in [0.05, 0.1) is 4.90 Å². The molecule has 5 aromatic carbocycles. The zero-order valence-corrected chi connectivity index (χ0v) is 25.2. The molecule has 1 atom stereocenters. The highest BCUT2D eigenvalue weighted by Crippen LogP contribution is 2.27. The second-order valence-electron chi connectivity index (χ2n) is 10.9. The smallest absolute Gasteiger partial charge is 0.415 e. The van der Waals surface area contributed by atoms with E-state index in [4.69, 9.17) is 4.74 Å². The van der Waals surface area contributed by atoms with E-state index in [0.717, 1.165) is 27.1 Å². The molecular formula is C35H33N3O5S. The highest BCUT2D eigenvalue weighted by Gasteiger charge is 2.35. The lowest BCUT2D eigenvalue weighted by Crippen LogP contribution is -2.56. The Morgan fingerprint density at radius 3 is 1.95 bits per heavy atom. The fourth-order valence-corrected chi connectivity index (χ4v) is 7.06. The molecule has 9 heteroatoms. The zero-order chi connectivity index (χ0) is 30.7. The molecule has 1 unspecified atom stereocenters. The van der Waals surface area contributed by atoms with E-state index in [1.807, 2.05) is 103 Å². The predicted octanol–water partition coefficient (Wildman–Crippen LogP) is 6.06. The van der Waals surface area contributed by atoms with E-state index in [1.165, 1.54) is 9.21 Å². The highest BCUT2D eigenvalue weighted by molar-refractivity contribution is 7.89. The first-order valence-electron chi connectivity index (χ1n) is 14.6. The van der Waals surface area contributed by atoms with Crippen LogP contribution in [0.5, 0.6) is 0 Å². The van der Waals surface area contributed by atoms with Gasteiger partial charge in [-0.3, -0.25) is 9.69 Å². The Morgan fingerprint density at radius 2 is 1.30 bits per heavy atom. The van der Waals surface area contributed by atoms with Crippen LogP contribution in [0.15, 0.2) is 120 Å². The second-order valence-corrected chi connectivity index (χ2v) is 12.8. The van der Waals surface area contributed by atoms with Crippen LogP contribution < -0.4 is 4.90 Å². The van der Waals surface area contributed by atoms with Gasteiger partial charge in [-0.2, -0.15) is 4.31 Å². The van der Waals surface area contributed by atoms with Crippen LogP contribution in [0.2, 0.25) is 0 Å². The maximum Gasteiger partial charge on any atom is 0.415 e. The van der Waals surface area contributed by atoms with Crippen LogP contribution in [-0.2, 0) is 26.2 Å². The van der Waals surface area contributed by atoms with Crippen LogP contribution >= 0.6 is 0 Å². The van der Waals surface area contributed by atoms with Gasteiger partial charge in [0, 0.05) is 31.9 Å². The van der Waals surface area contributed by atoms with Gasteiger partial charge in [0.15, 0.2) is 0 Å². The van der Waals surface area contributed by atoms with E-state index in [1.54, 1.807) is 24.0 Å². The van der Waals surface area contributed by atoms with Crippen molar-refractivity contribution in [2.75, 3.05) is 31.1 Å². The summed E-state index contributed by atoms with van der Waals surface area (Å²) in [5.41, 5.74) is 1.38. The van der Waals surface area contributed by atoms with Gasteiger partial charge in [0.2, 0.25) is 15.9 Å². The number of carbonyl (C=O) groups excluding carboxylic acids is 2. The second kappa shape index (κ2) is 12.5. The van der Waals surface area contributed by atoms with Gasteiger partial charge >= 0.3 is 6.09 Å². The number of piperazine rings is 1. The maximum absolute atomic E-state index is 13.8. The lowest BCUT2D eigenvalue weighted by atomic mass is 10.1. The molecule has 0 spiro atoms. The van der Waals surface area contributed by atoms with Crippen LogP contribution in [0.4, 0.5) is 10.5 Å². The molecule has 8 nitrogen and oxygen atoms in total. The number of ether oxygens (including phenoxy) is 1. The Hall–Kier alpha value is -4.73. The Kier molecular flexibility index (Phi) is 8.32. The van der Waals surface area contributed by atoms with Gasteiger partial charge in [-0.05, 0) is 58.3 Å². The number of amides is 2. The molecule has 0 bridgehead atoms. The molecule has 0 aromatic heterocycles. The summed E-state index contributed by atoms with van der Waals surface area (Å²) in [5, 5.41) is 3.76. The normalized spacial score (nSPS) is 14.8. The summed E-state index contributed by atoms with van der Waals surface area (Å²) in [7, 11) is -3.74. The molecule has 2 amide bonds. The van der Waals surface area contributed by atoms with Gasteiger partial charge in [0.25, 0.3) is 0 Å². The minimum Gasteiger partial charge on any atom is -0.444 e. The van der Waals surface area contributed by atoms with E-state index in [-0.39, 0.29) is 43.6 Å². The number of benzene rings is 5. The highest BCUT2D eigenvalue weighted by atomic mass is 32.2. The summed E-state index contributed by atoms with van der Waals surface area (Å²) >= 11 is 0. The Labute approximate surface area is 257 Å². The van der Waals surface area contributed by atoms with Gasteiger partial charge in [-0.1, -0.05) is 91.0 Å². The minimum atomic E-state index is -3.74. The van der Waals surface area contributed by atoms with Crippen LogP contribution in [0.1, 0.15) is 12.5 Å². The molecule has 44 heavy (non-hydrogen) atoms. The summed E-state index contributed by atoms with van der Waals surface area (Å²) < 4.78 is 34.0. The van der Waals surface area contributed by atoms with Crippen molar-refractivity contribution < 1.29 is 22.7 Å². The number of hydrogen-bond acceptors (Lipinski definition) is 5. The quantitative estimate of drug-likeness (QED) is 0.225. The monoisotopic (exact) mass is 607 g/mol. The Balaban J connectivity index is 1.19. The van der Waals surface area contributed by atoms with E-state index in [9.17, 15) is 18.0 Å². The van der Waals surface area contributed by atoms with Gasteiger partial charge in [-0.15, -0.1) is 0 Å². The molecule has 0 N–H and O–H groups in total. The van der Waals surface area contributed by atoms with Crippen molar-refractivity contribution >= 4 is 49.3 Å². The fraction of sp³-hybridized carbons (Fsp3) is 0.200. The molecule has 0 radical (unpaired) electrons. The van der Waals surface area contributed by atoms with E-state index < -0.39 is 22.2 Å². The summed E-state index contributed by atoms with van der Waals surface area (Å²) in [6.07, 6.45) is -0.637. The fourth-order valence-electron chi connectivity index (χ4n) is 5.60. The summed E-state index contributed by atoms with van der Waals surface area (Å²) in [6, 6.07) is 34.6. The lowest BCUT2D eigenvalue weighted by molar-refractivity contribution is -0.133. The molecule has 6 rings (SSSR count). The van der Waals surface area contributed by atoms with Crippen molar-refractivity contribution in [1.82, 2.24) is 9.21 Å². The van der Waals surface area contributed by atoms with Crippen molar-refractivity contribution in [2.45, 2.75) is 24.5 Å². The van der Waals surface area contributed by atoms with Gasteiger partial charge < -0.3 is 9.64 Å². The van der Waals surface area contributed by atoms with E-state index in [0.29, 0.717) is 5.69 Å². The average molecular weight is 608 g/mol. The summed E-state index contributed by atoms with van der Waals surface area (Å²) in [4.78, 5) is 30.6. The van der Waals surface area contributed by atoms with Crippen molar-refractivity contribution in [3.63, 3.8) is 0 Å². The molecule has 1 heterocycles. The summed E-state index contributed by atoms with van der Waals surface area (Å²) in [5.74, 6) is -0.280. The number of hydrogen-bond donors (Lipinski definition) is 0. The molecular weight excluding hydrogens is 574 g/mol. The Bertz CT molecular complexity index is 1920. The van der Waals surface area contributed by atoms with E-state index in [2.05, 4.69) is 0 Å². The third-order valence-electron chi connectivity index (χ3n) is 8.07. The first kappa shape index (κ1) is 29.3. The van der Waals surface area contributed by atoms with Crippen LogP contribution in [0.25, 0.3) is 21.5 Å². The molecule has 1 aliphatic heterocycles. The lowest BCUT2D eigenvalue weighted by Gasteiger charge is -2.37. The molecule has 224 valence electrons. The van der Waals surface area contributed by atoms with Crippen LogP contribution in [0, 0.1) is 0 Å². The number of carbonyl (C=O) groups is 2. The van der Waals surface area contributed by atoms with Crippen molar-refractivity contribution in [3.8, 4) is 0 Å². The molecule has 1 saturated heterocycles. The minimum absolute atomic E-state index is 0.0654. The molecule has 0 saturated carbocycles. The Morgan fingerprint density at radius 1 is 0.727 bits per heavy atom. The first-order chi connectivity index (χ1) is 21.3. The zero-order valence-electron chi connectivity index (χ0n) is 24.4. The average Bonchev–Trinajstić information content (AvgIpc) is 3.07. The third-order valence-corrected chi connectivity index (χ3v) is 9.96. The van der Waals surface area contributed by atoms with Crippen molar-refractivity contribution in [3.05, 3.63) is 121 Å². The van der Waals surface area contributed by atoms with Gasteiger partial charge in [0.1, 0.15) is 12.6 Å². The standard InChI is InChI=1S/C35H33N3O5S/c1-26(34(39)36-19-21-37(22-20-36)44(41,42)33-18-16-29-12-6-8-14-31(29)24-33)38(35(40)43-25-27-9-3-2-4-10-27)32-17-15-28-11-5-7-13-30(28)23-32/h2-18,23-24,26H,19-22,25H2,1H3. The first-order valence-corrected chi connectivity index (χ1v) is 16.0. The number of rotatable bonds is 7. The van der Waals surface area contributed by atoms with E-state index >= 15 is 0 Å². The van der Waals surface area contributed by atoms with Crippen molar-refractivity contribution in [1.29, 1.82) is 0 Å². The summed E-state index contributed by atoms with van der Waals surface area (Å²) in [6.45, 7) is 2.47. The number of fused-ring (bicyclic) bond motifs is 2. The van der Waals surface area contributed by atoms with Crippen LogP contribution in [0.3, 0.4) is 0 Å². The largest absolute Gasteiger partial charge is 0.444 e. The number of nitrogens with zero attached hydrogens (tertiary/aromatic N) is 3. The number of sulfonamides is 1. The maximum atomic E-state index is 13.8.